The average Bonchev–Trinajstić information content (AvgIpc) is 3.26. The third-order valence-electron chi connectivity index (χ3n) is 6.08. The molecule has 41 heavy (non-hydrogen) atoms. The minimum absolute atomic E-state index is 0.0607. The summed E-state index contributed by atoms with van der Waals surface area (Å²) in [6, 6.07) is 11.3. The molecule has 1 aliphatic heterocycles. The number of esters is 2. The molecule has 1 aliphatic rings. The van der Waals surface area contributed by atoms with Crippen LogP contribution in [0.4, 0.5) is 0 Å². The molecule has 1 aromatic heterocycles. The van der Waals surface area contributed by atoms with Crippen LogP contribution in [0.15, 0.2) is 63.5 Å². The van der Waals surface area contributed by atoms with E-state index in [1.807, 2.05) is 0 Å². The molecule has 0 amide bonds. The molecule has 0 saturated carbocycles. The fourth-order valence-corrected chi connectivity index (χ4v) is 5.40. The maximum absolute atomic E-state index is 13.8. The molecule has 3 aromatic rings. The fourth-order valence-electron chi connectivity index (χ4n) is 4.22. The van der Waals surface area contributed by atoms with E-state index in [-0.39, 0.29) is 37.6 Å². The van der Waals surface area contributed by atoms with E-state index in [4.69, 9.17) is 35.3 Å². The molecule has 2 aromatic carbocycles. The SMILES string of the molecule is CCOC(=O)COc1ccc(C=c2sc3n(c2=O)C(c2ccc(Cl)cc2)C(C(=O)OCCOC)=C(C)N=3)cc1OC. The van der Waals surface area contributed by atoms with Gasteiger partial charge in [-0.2, -0.15) is 0 Å². The molecule has 0 saturated heterocycles. The van der Waals surface area contributed by atoms with Crippen molar-refractivity contribution in [1.29, 1.82) is 0 Å². The van der Waals surface area contributed by atoms with Crippen LogP contribution in [0.1, 0.15) is 31.0 Å². The number of hydrogen-bond donors (Lipinski definition) is 0. The van der Waals surface area contributed by atoms with Crippen LogP contribution in [-0.4, -0.2) is 57.2 Å². The van der Waals surface area contributed by atoms with E-state index in [1.54, 1.807) is 62.4 Å². The van der Waals surface area contributed by atoms with Gasteiger partial charge in [-0.15, -0.1) is 0 Å². The van der Waals surface area contributed by atoms with Crippen LogP contribution in [0, 0.1) is 0 Å². The first-order valence-electron chi connectivity index (χ1n) is 12.7. The minimum atomic E-state index is -0.770. The standard InChI is InChI=1S/C29H29ClN2O8S/c1-5-38-24(33)16-40-21-11-6-18(14-22(21)37-4)15-23-27(34)32-26(19-7-9-20(30)10-8-19)25(17(2)31-29(32)41-23)28(35)39-13-12-36-3/h6-11,14-15,26H,5,12-13,16H2,1-4H3. The van der Waals surface area contributed by atoms with Crippen LogP contribution in [-0.2, 0) is 23.8 Å². The Hall–Kier alpha value is -3.93. The van der Waals surface area contributed by atoms with E-state index in [2.05, 4.69) is 4.99 Å². The summed E-state index contributed by atoms with van der Waals surface area (Å²) >= 11 is 7.32. The van der Waals surface area contributed by atoms with Gasteiger partial charge in [0, 0.05) is 12.1 Å². The second-order valence-electron chi connectivity index (χ2n) is 8.77. The van der Waals surface area contributed by atoms with Crippen molar-refractivity contribution in [2.45, 2.75) is 19.9 Å². The van der Waals surface area contributed by atoms with Crippen molar-refractivity contribution in [2.24, 2.45) is 4.99 Å². The summed E-state index contributed by atoms with van der Waals surface area (Å²) in [5.41, 5.74) is 1.72. The predicted octanol–water partition coefficient (Wildman–Crippen LogP) is 3.03. The molecule has 0 N–H and O–H groups in total. The van der Waals surface area contributed by atoms with Gasteiger partial charge >= 0.3 is 11.9 Å². The quantitative estimate of drug-likeness (QED) is 0.244. The van der Waals surface area contributed by atoms with E-state index < -0.39 is 18.0 Å². The molecule has 2 heterocycles. The Kier molecular flexibility index (Phi) is 9.98. The Morgan fingerprint density at radius 1 is 1.07 bits per heavy atom. The molecule has 0 bridgehead atoms. The zero-order valence-corrected chi connectivity index (χ0v) is 24.5. The average molecular weight is 601 g/mol. The Morgan fingerprint density at radius 3 is 2.51 bits per heavy atom. The van der Waals surface area contributed by atoms with Gasteiger partial charge in [0.2, 0.25) is 0 Å². The molecular weight excluding hydrogens is 572 g/mol. The van der Waals surface area contributed by atoms with Crippen LogP contribution >= 0.6 is 22.9 Å². The lowest BCUT2D eigenvalue weighted by Crippen LogP contribution is -2.40. The molecule has 0 aliphatic carbocycles. The summed E-state index contributed by atoms with van der Waals surface area (Å²) in [4.78, 5) is 43.7. The monoisotopic (exact) mass is 600 g/mol. The third-order valence-corrected chi connectivity index (χ3v) is 7.32. The molecule has 12 heteroatoms. The van der Waals surface area contributed by atoms with Crippen LogP contribution < -0.4 is 24.4 Å². The molecular formula is C29H29ClN2O8S. The third kappa shape index (κ3) is 6.87. The zero-order valence-electron chi connectivity index (χ0n) is 23.0. The molecule has 10 nitrogen and oxygen atoms in total. The number of thiazole rings is 1. The number of ether oxygens (including phenoxy) is 5. The number of rotatable bonds is 11. The summed E-state index contributed by atoms with van der Waals surface area (Å²) in [6.45, 7) is 3.72. The summed E-state index contributed by atoms with van der Waals surface area (Å²) < 4.78 is 28.2. The van der Waals surface area contributed by atoms with Gasteiger partial charge in [0.05, 0.1) is 42.2 Å². The van der Waals surface area contributed by atoms with E-state index in [0.29, 0.717) is 42.7 Å². The number of carbonyl (C=O) groups excluding carboxylic acids is 2. The second-order valence-corrected chi connectivity index (χ2v) is 10.2. The topological polar surface area (TPSA) is 115 Å². The van der Waals surface area contributed by atoms with E-state index >= 15 is 0 Å². The highest BCUT2D eigenvalue weighted by molar-refractivity contribution is 7.07. The van der Waals surface area contributed by atoms with E-state index in [0.717, 1.165) is 0 Å². The molecule has 1 atom stereocenters. The first-order valence-corrected chi connectivity index (χ1v) is 13.9. The van der Waals surface area contributed by atoms with Crippen LogP contribution in [0.5, 0.6) is 11.5 Å². The van der Waals surface area contributed by atoms with Crippen molar-refractivity contribution in [1.82, 2.24) is 4.57 Å². The Bertz CT molecular complexity index is 1640. The number of benzene rings is 2. The number of fused-ring (bicyclic) bond motifs is 1. The Labute approximate surface area is 245 Å². The number of carbonyl (C=O) groups is 2. The van der Waals surface area contributed by atoms with Crippen molar-refractivity contribution in [3.05, 3.63) is 89.6 Å². The number of nitrogens with zero attached hydrogens (tertiary/aromatic N) is 2. The van der Waals surface area contributed by atoms with Gasteiger partial charge in [-0.05, 0) is 55.3 Å². The summed E-state index contributed by atoms with van der Waals surface area (Å²) in [7, 11) is 2.99. The first kappa shape index (κ1) is 30.0. The molecule has 216 valence electrons. The fraction of sp³-hybridized carbons (Fsp3) is 0.310. The van der Waals surface area contributed by atoms with Crippen molar-refractivity contribution in [2.75, 3.05) is 40.6 Å². The van der Waals surface area contributed by atoms with Crippen molar-refractivity contribution >= 4 is 41.0 Å². The van der Waals surface area contributed by atoms with Gasteiger partial charge in [0.1, 0.15) is 6.61 Å². The van der Waals surface area contributed by atoms with Gasteiger partial charge in [-0.1, -0.05) is 41.1 Å². The normalized spacial score (nSPS) is 14.8. The molecule has 4 rings (SSSR count). The number of hydrogen-bond acceptors (Lipinski definition) is 10. The largest absolute Gasteiger partial charge is 0.493 e. The highest BCUT2D eigenvalue weighted by Crippen LogP contribution is 2.32. The van der Waals surface area contributed by atoms with E-state index in [1.165, 1.54) is 30.1 Å². The van der Waals surface area contributed by atoms with Crippen molar-refractivity contribution in [3.8, 4) is 11.5 Å². The van der Waals surface area contributed by atoms with E-state index in [9.17, 15) is 14.4 Å². The van der Waals surface area contributed by atoms with Gasteiger partial charge in [-0.25, -0.2) is 14.6 Å². The maximum Gasteiger partial charge on any atom is 0.344 e. The highest BCUT2D eigenvalue weighted by Gasteiger charge is 2.33. The molecule has 0 radical (unpaired) electrons. The predicted molar refractivity (Wildman–Crippen MR) is 153 cm³/mol. The minimum Gasteiger partial charge on any atom is -0.493 e. The lowest BCUT2D eigenvalue weighted by molar-refractivity contribution is -0.145. The Morgan fingerprint density at radius 2 is 1.83 bits per heavy atom. The number of allylic oxidation sites excluding steroid dienone is 1. The molecule has 0 fully saturated rings. The molecule has 1 unspecified atom stereocenters. The van der Waals surface area contributed by atoms with Crippen LogP contribution in [0.2, 0.25) is 5.02 Å². The zero-order chi connectivity index (χ0) is 29.5. The lowest BCUT2D eigenvalue weighted by Gasteiger charge is -2.24. The summed E-state index contributed by atoms with van der Waals surface area (Å²) in [5.74, 6) is -0.339. The number of methoxy groups -OCH3 is 2. The van der Waals surface area contributed by atoms with Gasteiger partial charge < -0.3 is 23.7 Å². The number of halogens is 1. The van der Waals surface area contributed by atoms with Gasteiger partial charge in [-0.3, -0.25) is 9.36 Å². The summed E-state index contributed by atoms with van der Waals surface area (Å²) in [6.07, 6.45) is 1.70. The second kappa shape index (κ2) is 13.6. The first-order chi connectivity index (χ1) is 19.8. The highest BCUT2D eigenvalue weighted by atomic mass is 35.5. The maximum atomic E-state index is 13.8. The Balaban J connectivity index is 1.76. The van der Waals surface area contributed by atoms with Gasteiger partial charge in [0.25, 0.3) is 5.56 Å². The smallest absolute Gasteiger partial charge is 0.344 e. The van der Waals surface area contributed by atoms with Gasteiger partial charge in [0.15, 0.2) is 22.9 Å². The number of aromatic nitrogens is 1. The van der Waals surface area contributed by atoms with Crippen molar-refractivity contribution in [3.63, 3.8) is 0 Å². The molecule has 0 spiro atoms. The van der Waals surface area contributed by atoms with Crippen molar-refractivity contribution < 1.29 is 33.3 Å². The van der Waals surface area contributed by atoms with Crippen LogP contribution in [0.3, 0.4) is 0 Å². The lowest BCUT2D eigenvalue weighted by atomic mass is 9.96. The summed E-state index contributed by atoms with van der Waals surface area (Å²) in [5, 5.41) is 0.523. The van der Waals surface area contributed by atoms with Crippen LogP contribution in [0.25, 0.3) is 6.08 Å².